The second-order valence-corrected chi connectivity index (χ2v) is 19.5. The highest BCUT2D eigenvalue weighted by Crippen LogP contribution is 2.40. The van der Waals surface area contributed by atoms with Crippen molar-refractivity contribution in [3.63, 3.8) is 0 Å². The first-order chi connectivity index (χ1) is 33.1. The highest BCUT2D eigenvalue weighted by atomic mass is 16.5. The molecule has 0 aromatic heterocycles. The summed E-state index contributed by atoms with van der Waals surface area (Å²) in [5, 5.41) is 0. The molecule has 384 valence electrons. The zero-order valence-corrected chi connectivity index (χ0v) is 45.0. The summed E-state index contributed by atoms with van der Waals surface area (Å²) in [4.78, 5) is 2.22. The lowest BCUT2D eigenvalue weighted by molar-refractivity contribution is 0.233. The van der Waals surface area contributed by atoms with Crippen molar-refractivity contribution in [3.05, 3.63) is 90.6 Å². The largest absolute Gasteiger partial charge is 0.490 e. The molecule has 1 aromatic rings. The molecule has 4 heteroatoms. The summed E-state index contributed by atoms with van der Waals surface area (Å²) in [6.07, 6.45) is 73.0. The van der Waals surface area contributed by atoms with Gasteiger partial charge < -0.3 is 19.1 Å². The van der Waals surface area contributed by atoms with Gasteiger partial charge in [0.1, 0.15) is 0 Å². The molecule has 0 radical (unpaired) electrons. The van der Waals surface area contributed by atoms with E-state index < -0.39 is 0 Å². The molecule has 0 heterocycles. The van der Waals surface area contributed by atoms with E-state index in [-0.39, 0.29) is 0 Å². The van der Waals surface area contributed by atoms with Gasteiger partial charge in [0, 0.05) is 6.54 Å². The SMILES string of the molecule is CCCCC/C=C\C/C=C\CCCCCCCCOc1cc(CN(C)C)cc(OCCCCCCCC/C=C\C/C=C\CCCCC)c1OCCCCCCCC/C=C\C/C=C\CCCCC. The summed E-state index contributed by atoms with van der Waals surface area (Å²) in [5.41, 5.74) is 1.21. The molecule has 0 fully saturated rings. The zero-order chi connectivity index (χ0) is 48.2. The monoisotopic (exact) mass is 928 g/mol. The number of nitrogens with zero attached hydrogens (tertiary/aromatic N) is 1. The minimum atomic E-state index is 0.699. The second-order valence-electron chi connectivity index (χ2n) is 19.5. The lowest BCUT2D eigenvalue weighted by atomic mass is 10.1. The molecule has 4 nitrogen and oxygen atoms in total. The Morgan fingerprint density at radius 1 is 0.328 bits per heavy atom. The minimum absolute atomic E-state index is 0.699. The van der Waals surface area contributed by atoms with E-state index in [1.165, 1.54) is 198 Å². The van der Waals surface area contributed by atoms with Crippen molar-refractivity contribution in [1.29, 1.82) is 0 Å². The molecule has 1 rings (SSSR count). The first kappa shape index (κ1) is 62.0. The number of ether oxygens (including phenoxy) is 3. The van der Waals surface area contributed by atoms with Crippen LogP contribution in [-0.2, 0) is 6.54 Å². The maximum atomic E-state index is 6.62. The molecule has 0 N–H and O–H groups in total. The summed E-state index contributed by atoms with van der Waals surface area (Å²) >= 11 is 0. The molecular formula is C63H109NO3. The molecule has 0 aliphatic rings. The number of hydrogen-bond donors (Lipinski definition) is 0. The molecule has 1 aromatic carbocycles. The predicted molar refractivity (Wildman–Crippen MR) is 298 cm³/mol. The average molecular weight is 929 g/mol. The second kappa shape index (κ2) is 50.9. The predicted octanol–water partition coefficient (Wildman–Crippen LogP) is 20.3. The van der Waals surface area contributed by atoms with Gasteiger partial charge in [0.2, 0.25) is 5.75 Å². The molecule has 0 spiro atoms. The third kappa shape index (κ3) is 42.8. The first-order valence-electron chi connectivity index (χ1n) is 28.7. The van der Waals surface area contributed by atoms with Gasteiger partial charge in [0.15, 0.2) is 11.5 Å². The van der Waals surface area contributed by atoms with Crippen LogP contribution in [0.2, 0.25) is 0 Å². The van der Waals surface area contributed by atoms with Crippen LogP contribution in [0.15, 0.2) is 85.0 Å². The van der Waals surface area contributed by atoms with E-state index in [1.54, 1.807) is 0 Å². The fraction of sp³-hybridized carbons (Fsp3) is 0.714. The van der Waals surface area contributed by atoms with Gasteiger partial charge in [-0.1, -0.05) is 209 Å². The van der Waals surface area contributed by atoms with Gasteiger partial charge in [-0.25, -0.2) is 0 Å². The van der Waals surface area contributed by atoms with Crippen molar-refractivity contribution in [2.75, 3.05) is 33.9 Å². The van der Waals surface area contributed by atoms with E-state index >= 15 is 0 Å². The standard InChI is InChI=1S/C63H109NO3/c1-6-9-12-15-18-21-24-27-30-33-36-39-42-45-48-51-54-65-61-57-60(59-64(4)5)58-62(66-55-52-49-46-43-40-37-34-31-28-25-22-19-16-13-10-7-2)63(61)67-56-53-50-47-44-41-38-35-32-29-26-23-20-17-14-11-8-3/h18-23,27-32,57-58H,6-17,24-26,33-56,59H2,1-5H3/b21-18-,22-19-,23-20-,30-27-,31-28-,32-29-. The van der Waals surface area contributed by atoms with Gasteiger partial charge in [-0.2, -0.15) is 0 Å². The summed E-state index contributed by atoms with van der Waals surface area (Å²) < 4.78 is 19.8. The van der Waals surface area contributed by atoms with Gasteiger partial charge in [-0.3, -0.25) is 0 Å². The number of hydrogen-bond acceptors (Lipinski definition) is 4. The van der Waals surface area contributed by atoms with Crippen LogP contribution >= 0.6 is 0 Å². The topological polar surface area (TPSA) is 30.9 Å². The molecule has 0 saturated heterocycles. The van der Waals surface area contributed by atoms with Crippen LogP contribution in [0.1, 0.15) is 257 Å². The van der Waals surface area contributed by atoms with Crippen LogP contribution in [0, 0.1) is 0 Å². The van der Waals surface area contributed by atoms with E-state index in [0.717, 1.165) is 62.3 Å². The Kier molecular flexibility index (Phi) is 47.1. The molecule has 0 saturated carbocycles. The van der Waals surface area contributed by atoms with Crippen molar-refractivity contribution < 1.29 is 14.2 Å². The van der Waals surface area contributed by atoms with Crippen molar-refractivity contribution in [2.45, 2.75) is 258 Å². The summed E-state index contributed by atoms with van der Waals surface area (Å²) in [6, 6.07) is 4.41. The van der Waals surface area contributed by atoms with Crippen LogP contribution in [0.5, 0.6) is 17.2 Å². The Hall–Kier alpha value is -2.98. The third-order valence-corrected chi connectivity index (χ3v) is 12.4. The Bertz CT molecular complexity index is 1300. The van der Waals surface area contributed by atoms with Crippen LogP contribution < -0.4 is 14.2 Å². The summed E-state index contributed by atoms with van der Waals surface area (Å²) in [5.74, 6) is 2.52. The highest BCUT2D eigenvalue weighted by Gasteiger charge is 2.17. The molecule has 0 unspecified atom stereocenters. The maximum Gasteiger partial charge on any atom is 0.203 e. The first-order valence-corrected chi connectivity index (χ1v) is 28.7. The van der Waals surface area contributed by atoms with Gasteiger partial charge in [-0.15, -0.1) is 0 Å². The Balaban J connectivity index is 2.60. The van der Waals surface area contributed by atoms with Gasteiger partial charge in [-0.05, 0) is 147 Å². The quantitative estimate of drug-likeness (QED) is 0.0481. The fourth-order valence-electron chi connectivity index (χ4n) is 8.25. The number of benzene rings is 1. The van der Waals surface area contributed by atoms with Gasteiger partial charge >= 0.3 is 0 Å². The van der Waals surface area contributed by atoms with Crippen LogP contribution in [0.25, 0.3) is 0 Å². The van der Waals surface area contributed by atoms with E-state index in [0.29, 0.717) is 19.8 Å². The molecule has 0 bridgehead atoms. The molecular weight excluding hydrogens is 819 g/mol. The van der Waals surface area contributed by atoms with Gasteiger partial charge in [0.05, 0.1) is 19.8 Å². The van der Waals surface area contributed by atoms with Crippen molar-refractivity contribution in [3.8, 4) is 17.2 Å². The van der Waals surface area contributed by atoms with E-state index in [1.807, 2.05) is 0 Å². The van der Waals surface area contributed by atoms with Crippen LogP contribution in [0.3, 0.4) is 0 Å². The summed E-state index contributed by atoms with van der Waals surface area (Å²) in [6.45, 7) is 9.78. The smallest absolute Gasteiger partial charge is 0.203 e. The summed E-state index contributed by atoms with van der Waals surface area (Å²) in [7, 11) is 4.26. The highest BCUT2D eigenvalue weighted by molar-refractivity contribution is 5.54. The van der Waals surface area contributed by atoms with Crippen molar-refractivity contribution in [2.24, 2.45) is 0 Å². The molecule has 67 heavy (non-hydrogen) atoms. The van der Waals surface area contributed by atoms with Crippen molar-refractivity contribution in [1.82, 2.24) is 4.90 Å². The lowest BCUT2D eigenvalue weighted by Crippen LogP contribution is -2.12. The van der Waals surface area contributed by atoms with Crippen molar-refractivity contribution >= 4 is 0 Å². The van der Waals surface area contributed by atoms with E-state index in [4.69, 9.17) is 14.2 Å². The Morgan fingerprint density at radius 3 is 0.896 bits per heavy atom. The number of rotatable bonds is 50. The van der Waals surface area contributed by atoms with Gasteiger partial charge in [0.25, 0.3) is 0 Å². The zero-order valence-electron chi connectivity index (χ0n) is 45.0. The van der Waals surface area contributed by atoms with E-state index in [9.17, 15) is 0 Å². The Morgan fingerprint density at radius 2 is 0.597 bits per heavy atom. The fourth-order valence-corrected chi connectivity index (χ4v) is 8.25. The normalized spacial score (nSPS) is 12.3. The van der Waals surface area contributed by atoms with Crippen LogP contribution in [-0.4, -0.2) is 38.8 Å². The average Bonchev–Trinajstić information content (AvgIpc) is 3.32. The Labute approximate surface area is 417 Å². The number of allylic oxidation sites excluding steroid dienone is 12. The third-order valence-electron chi connectivity index (χ3n) is 12.4. The molecule has 0 atom stereocenters. The van der Waals surface area contributed by atoms with Crippen LogP contribution in [0.4, 0.5) is 0 Å². The molecule has 0 aliphatic carbocycles. The van der Waals surface area contributed by atoms with E-state index in [2.05, 4.69) is 125 Å². The lowest BCUT2D eigenvalue weighted by Gasteiger charge is -2.20. The molecule has 0 amide bonds. The molecule has 0 aliphatic heterocycles. The number of unbranched alkanes of at least 4 members (excludes halogenated alkanes) is 27. The maximum absolute atomic E-state index is 6.62. The minimum Gasteiger partial charge on any atom is -0.490 e.